The van der Waals surface area contributed by atoms with Crippen molar-refractivity contribution in [3.8, 4) is 0 Å². The number of carbonyl (C=O) groups is 1. The third-order valence-electron chi connectivity index (χ3n) is 2.38. The van der Waals surface area contributed by atoms with Gasteiger partial charge in [-0.3, -0.25) is 10.1 Å². The lowest BCUT2D eigenvalue weighted by molar-refractivity contribution is -0.168. The van der Waals surface area contributed by atoms with Gasteiger partial charge in [-0.25, -0.2) is 0 Å². The van der Waals surface area contributed by atoms with Gasteiger partial charge in [-0.05, 0) is 12.1 Å². The zero-order valence-electron chi connectivity index (χ0n) is 9.16. The lowest BCUT2D eigenvalue weighted by Gasteiger charge is -2.33. The Bertz CT molecular complexity index is 427. The highest BCUT2D eigenvalue weighted by Gasteiger charge is 2.55. The number of alkyl halides is 3. The molecule has 1 aromatic carbocycles. The monoisotopic (exact) mass is 309 g/mol. The van der Waals surface area contributed by atoms with Crippen LogP contribution in [0.4, 0.5) is 0 Å². The highest BCUT2D eigenvalue weighted by Crippen LogP contribution is 2.42. The lowest BCUT2D eigenvalue weighted by Crippen LogP contribution is -2.58. The van der Waals surface area contributed by atoms with Gasteiger partial charge < -0.3 is 9.47 Å². The van der Waals surface area contributed by atoms with Gasteiger partial charge in [0.25, 0.3) is 9.70 Å². The molecule has 0 aromatic heterocycles. The maximum atomic E-state index is 12.0. The summed E-state index contributed by atoms with van der Waals surface area (Å²) in [7, 11) is 0. The van der Waals surface area contributed by atoms with E-state index in [-0.39, 0.29) is 13.2 Å². The zero-order valence-corrected chi connectivity index (χ0v) is 11.4. The van der Waals surface area contributed by atoms with E-state index in [1.54, 1.807) is 30.3 Å². The highest BCUT2D eigenvalue weighted by molar-refractivity contribution is 6.68. The second-order valence-corrected chi connectivity index (χ2v) is 5.91. The molecule has 4 nitrogen and oxygen atoms in total. The van der Waals surface area contributed by atoms with Gasteiger partial charge in [0.2, 0.25) is 0 Å². The Morgan fingerprint density at radius 2 is 1.72 bits per heavy atom. The standard InChI is InChI=1S/C11H10Cl3NO3/c12-10(13,14)11(17-6-7-18-11)15-9(16)8-4-2-1-3-5-8/h1-5H,6-7H2,(H,15,16). The molecule has 1 aromatic rings. The fourth-order valence-electron chi connectivity index (χ4n) is 1.53. The van der Waals surface area contributed by atoms with Crippen LogP contribution in [0.15, 0.2) is 30.3 Å². The van der Waals surface area contributed by atoms with E-state index in [1.165, 1.54) is 0 Å². The third kappa shape index (κ3) is 2.73. The predicted octanol–water partition coefficient (Wildman–Crippen LogP) is 2.49. The molecule has 98 valence electrons. The van der Waals surface area contributed by atoms with Crippen LogP contribution in [0.5, 0.6) is 0 Å². The molecule has 0 radical (unpaired) electrons. The minimum atomic E-state index is -1.92. The first-order chi connectivity index (χ1) is 8.45. The van der Waals surface area contributed by atoms with Crippen molar-refractivity contribution in [2.75, 3.05) is 13.2 Å². The average Bonchev–Trinajstić information content (AvgIpc) is 2.79. The van der Waals surface area contributed by atoms with Crippen LogP contribution in [0.3, 0.4) is 0 Å². The zero-order chi connectivity index (χ0) is 13.2. The number of benzene rings is 1. The SMILES string of the molecule is O=C(NC1(C(Cl)(Cl)Cl)OCCO1)c1ccccc1. The summed E-state index contributed by atoms with van der Waals surface area (Å²) < 4.78 is 8.57. The molecule has 1 heterocycles. The van der Waals surface area contributed by atoms with E-state index >= 15 is 0 Å². The van der Waals surface area contributed by atoms with Crippen LogP contribution in [-0.2, 0) is 9.47 Å². The van der Waals surface area contributed by atoms with Crippen LogP contribution >= 0.6 is 34.8 Å². The lowest BCUT2D eigenvalue weighted by atomic mass is 10.2. The maximum Gasteiger partial charge on any atom is 0.301 e. The molecule has 1 N–H and O–H groups in total. The van der Waals surface area contributed by atoms with Crippen molar-refractivity contribution in [3.05, 3.63) is 35.9 Å². The number of amides is 1. The maximum absolute atomic E-state index is 12.0. The molecule has 1 aliphatic rings. The summed E-state index contributed by atoms with van der Waals surface area (Å²) in [6, 6.07) is 8.53. The molecule has 18 heavy (non-hydrogen) atoms. The summed E-state index contributed by atoms with van der Waals surface area (Å²) in [5.74, 6) is -2.19. The second kappa shape index (κ2) is 5.23. The molecule has 0 bridgehead atoms. The average molecular weight is 311 g/mol. The number of halogens is 3. The van der Waals surface area contributed by atoms with Crippen LogP contribution in [0, 0.1) is 0 Å². The Morgan fingerprint density at radius 3 is 2.22 bits per heavy atom. The molecular weight excluding hydrogens is 300 g/mol. The number of hydrogen-bond acceptors (Lipinski definition) is 3. The highest BCUT2D eigenvalue weighted by atomic mass is 35.6. The Balaban J connectivity index is 2.18. The van der Waals surface area contributed by atoms with Crippen molar-refractivity contribution >= 4 is 40.7 Å². The van der Waals surface area contributed by atoms with E-state index < -0.39 is 15.6 Å². The number of hydrogen-bond donors (Lipinski definition) is 1. The van der Waals surface area contributed by atoms with Crippen LogP contribution in [0.25, 0.3) is 0 Å². The van der Waals surface area contributed by atoms with E-state index in [0.717, 1.165) is 0 Å². The second-order valence-electron chi connectivity index (χ2n) is 3.63. The van der Waals surface area contributed by atoms with Gasteiger partial charge in [0.15, 0.2) is 0 Å². The van der Waals surface area contributed by atoms with Gasteiger partial charge in [-0.1, -0.05) is 53.0 Å². The summed E-state index contributed by atoms with van der Waals surface area (Å²) in [6.45, 7) is 0.478. The molecule has 2 rings (SSSR count). The number of ether oxygens (including phenoxy) is 2. The first-order valence-electron chi connectivity index (χ1n) is 5.17. The van der Waals surface area contributed by atoms with Crippen LogP contribution in [0.2, 0.25) is 0 Å². The van der Waals surface area contributed by atoms with E-state index in [0.29, 0.717) is 5.56 Å². The van der Waals surface area contributed by atoms with Crippen molar-refractivity contribution < 1.29 is 14.3 Å². The van der Waals surface area contributed by atoms with Gasteiger partial charge in [-0.15, -0.1) is 0 Å². The fraction of sp³-hybridized carbons (Fsp3) is 0.364. The van der Waals surface area contributed by atoms with E-state index in [4.69, 9.17) is 44.3 Å². The van der Waals surface area contributed by atoms with Crippen LogP contribution in [-0.4, -0.2) is 28.8 Å². The van der Waals surface area contributed by atoms with Crippen molar-refractivity contribution in [1.82, 2.24) is 5.32 Å². The number of nitrogens with one attached hydrogen (secondary N) is 1. The molecular formula is C11H10Cl3NO3. The van der Waals surface area contributed by atoms with Crippen LogP contribution in [0.1, 0.15) is 10.4 Å². The number of rotatable bonds is 2. The molecule has 0 saturated carbocycles. The molecule has 0 unspecified atom stereocenters. The van der Waals surface area contributed by atoms with E-state index in [1.807, 2.05) is 0 Å². The smallest absolute Gasteiger partial charge is 0.301 e. The minimum Gasteiger partial charge on any atom is -0.327 e. The van der Waals surface area contributed by atoms with E-state index in [2.05, 4.69) is 5.32 Å². The first kappa shape index (κ1) is 13.9. The fourth-order valence-corrected chi connectivity index (χ4v) is 2.00. The molecule has 1 saturated heterocycles. The quantitative estimate of drug-likeness (QED) is 0.854. The first-order valence-corrected chi connectivity index (χ1v) is 6.30. The molecule has 1 aliphatic heterocycles. The summed E-state index contributed by atoms with van der Waals surface area (Å²) in [6.07, 6.45) is 0. The van der Waals surface area contributed by atoms with Crippen molar-refractivity contribution in [3.63, 3.8) is 0 Å². The molecule has 0 aliphatic carbocycles. The van der Waals surface area contributed by atoms with Gasteiger partial charge in [0.1, 0.15) is 0 Å². The Morgan fingerprint density at radius 1 is 1.17 bits per heavy atom. The van der Waals surface area contributed by atoms with Gasteiger partial charge in [0.05, 0.1) is 13.2 Å². The van der Waals surface area contributed by atoms with Gasteiger partial charge in [0, 0.05) is 5.56 Å². The van der Waals surface area contributed by atoms with E-state index in [9.17, 15) is 4.79 Å². The molecule has 0 atom stereocenters. The predicted molar refractivity (Wildman–Crippen MR) is 68.8 cm³/mol. The molecule has 1 amide bonds. The van der Waals surface area contributed by atoms with Crippen molar-refractivity contribution in [1.29, 1.82) is 0 Å². The topological polar surface area (TPSA) is 47.6 Å². The normalized spacial score (nSPS) is 18.6. The summed E-state index contributed by atoms with van der Waals surface area (Å²) >= 11 is 17.4. The largest absolute Gasteiger partial charge is 0.327 e. The van der Waals surface area contributed by atoms with Crippen molar-refractivity contribution in [2.24, 2.45) is 0 Å². The van der Waals surface area contributed by atoms with Gasteiger partial charge in [-0.2, -0.15) is 0 Å². The third-order valence-corrected chi connectivity index (χ3v) is 3.13. The minimum absolute atomic E-state index is 0.239. The van der Waals surface area contributed by atoms with Crippen molar-refractivity contribution in [2.45, 2.75) is 9.70 Å². The summed E-state index contributed by atoms with van der Waals surface area (Å²) in [5, 5.41) is 2.47. The van der Waals surface area contributed by atoms with Crippen LogP contribution < -0.4 is 5.32 Å². The Kier molecular flexibility index (Phi) is 4.04. The molecule has 1 fully saturated rings. The molecule has 7 heteroatoms. The summed E-state index contributed by atoms with van der Waals surface area (Å²) in [4.78, 5) is 12.0. The van der Waals surface area contributed by atoms with Gasteiger partial charge >= 0.3 is 5.91 Å². The number of carbonyl (C=O) groups excluding carboxylic acids is 1. The Hall–Kier alpha value is -0.520. The Labute approximate surface area is 119 Å². The summed E-state index contributed by atoms with van der Waals surface area (Å²) in [5.41, 5.74) is 0.422. The molecule has 0 spiro atoms.